The van der Waals surface area contributed by atoms with E-state index < -0.39 is 0 Å². The molecule has 0 unspecified atom stereocenters. The Hall–Kier alpha value is -1.61. The summed E-state index contributed by atoms with van der Waals surface area (Å²) in [6.45, 7) is 9.07. The summed E-state index contributed by atoms with van der Waals surface area (Å²) in [7, 11) is 0. The minimum absolute atomic E-state index is 0.0331. The first kappa shape index (κ1) is 24.5. The minimum atomic E-state index is -0.206. The van der Waals surface area contributed by atoms with Gasteiger partial charge in [-0.05, 0) is 44.7 Å². The maximum atomic E-state index is 12.7. The molecule has 0 fully saturated rings. The van der Waals surface area contributed by atoms with Crippen molar-refractivity contribution in [1.29, 1.82) is 0 Å². The van der Waals surface area contributed by atoms with Crippen molar-refractivity contribution in [2.45, 2.75) is 75.4 Å². The third-order valence-electron chi connectivity index (χ3n) is 5.44. The smallest absolute Gasteiger partial charge is 0.230 e. The average Bonchev–Trinajstić information content (AvgIpc) is 3.13. The lowest BCUT2D eigenvalue weighted by Crippen LogP contribution is -2.35. The molecular weight excluding hydrogens is 470 g/mol. The molecule has 3 heterocycles. The molecule has 1 aliphatic heterocycles. The van der Waals surface area contributed by atoms with Gasteiger partial charge in [0.25, 0.3) is 0 Å². The fourth-order valence-corrected chi connectivity index (χ4v) is 6.77. The standard InChI is InChI=1S/C25H31N3O2S3/c1-5-11-31-24-27-22(21-18-13-25(3,4)30-14-19(18)33-23(21)28-24)32-15-20(29)26-16(2)12-17-9-7-6-8-10-17/h6-10,16H,5,11-15H2,1-4H3,(H,26,29)/t16-/m1/s1. The van der Waals surface area contributed by atoms with E-state index >= 15 is 0 Å². The summed E-state index contributed by atoms with van der Waals surface area (Å²) in [5, 5.41) is 5.96. The highest BCUT2D eigenvalue weighted by Gasteiger charge is 2.31. The first-order chi connectivity index (χ1) is 15.8. The van der Waals surface area contributed by atoms with E-state index in [1.807, 2.05) is 18.2 Å². The number of ether oxygens (including phenoxy) is 1. The molecule has 176 valence electrons. The maximum Gasteiger partial charge on any atom is 0.230 e. The Morgan fingerprint density at radius 2 is 2.03 bits per heavy atom. The molecule has 4 rings (SSSR count). The summed E-state index contributed by atoms with van der Waals surface area (Å²) < 4.78 is 6.03. The zero-order valence-corrected chi connectivity index (χ0v) is 22.1. The topological polar surface area (TPSA) is 64.1 Å². The summed E-state index contributed by atoms with van der Waals surface area (Å²) in [6.07, 6.45) is 2.72. The molecule has 0 bridgehead atoms. The first-order valence-corrected chi connectivity index (χ1v) is 14.2. The van der Waals surface area contributed by atoms with Crippen LogP contribution in [0, 0.1) is 0 Å². The Bertz CT molecular complexity index is 1120. The molecule has 1 aromatic carbocycles. The van der Waals surface area contributed by atoms with Crippen molar-refractivity contribution in [3.05, 3.63) is 46.3 Å². The lowest BCUT2D eigenvalue weighted by Gasteiger charge is -2.30. The second-order valence-electron chi connectivity index (χ2n) is 9.02. The number of thiophene rings is 1. The number of hydrogen-bond donors (Lipinski definition) is 1. The Morgan fingerprint density at radius 1 is 1.24 bits per heavy atom. The van der Waals surface area contributed by atoms with Crippen molar-refractivity contribution in [2.75, 3.05) is 11.5 Å². The first-order valence-electron chi connectivity index (χ1n) is 11.4. The Morgan fingerprint density at radius 3 is 2.79 bits per heavy atom. The third kappa shape index (κ3) is 6.29. The van der Waals surface area contributed by atoms with Gasteiger partial charge < -0.3 is 10.1 Å². The highest BCUT2D eigenvalue weighted by atomic mass is 32.2. The number of nitrogens with one attached hydrogen (secondary N) is 1. The summed E-state index contributed by atoms with van der Waals surface area (Å²) in [5.74, 6) is 1.35. The van der Waals surface area contributed by atoms with E-state index in [-0.39, 0.29) is 17.6 Å². The van der Waals surface area contributed by atoms with E-state index in [1.165, 1.54) is 27.8 Å². The number of rotatable bonds is 9. The fourth-order valence-electron chi connectivity index (χ4n) is 3.92. The molecular formula is C25H31N3O2S3. The van der Waals surface area contributed by atoms with Crippen LogP contribution in [0.1, 0.15) is 50.1 Å². The van der Waals surface area contributed by atoms with E-state index in [4.69, 9.17) is 14.7 Å². The predicted molar refractivity (Wildman–Crippen MR) is 139 cm³/mol. The Kier molecular flexibility index (Phi) is 7.99. The average molecular weight is 502 g/mol. The second-order valence-corrected chi connectivity index (χ2v) is 12.1. The van der Waals surface area contributed by atoms with Gasteiger partial charge in [0, 0.05) is 28.5 Å². The largest absolute Gasteiger partial charge is 0.370 e. The SMILES string of the molecule is CCCSc1nc(SCC(=O)N[C@H](C)Cc2ccccc2)c2c3c(sc2n1)COC(C)(C)C3. The summed E-state index contributed by atoms with van der Waals surface area (Å²) in [4.78, 5) is 24.7. The molecule has 33 heavy (non-hydrogen) atoms. The zero-order chi connectivity index (χ0) is 23.4. The summed E-state index contributed by atoms with van der Waals surface area (Å²) >= 11 is 4.91. The van der Waals surface area contributed by atoms with Crippen LogP contribution in [0.3, 0.4) is 0 Å². The van der Waals surface area contributed by atoms with E-state index in [0.717, 1.165) is 45.4 Å². The number of carbonyl (C=O) groups is 1. The molecule has 3 aromatic rings. The van der Waals surface area contributed by atoms with E-state index in [9.17, 15) is 4.79 Å². The number of nitrogens with zero attached hydrogens (tertiary/aromatic N) is 2. The van der Waals surface area contributed by atoms with Gasteiger partial charge in [0.05, 0.1) is 18.0 Å². The number of aromatic nitrogens is 2. The maximum absolute atomic E-state index is 12.7. The molecule has 0 aliphatic carbocycles. The third-order valence-corrected chi connectivity index (χ3v) is 8.57. The van der Waals surface area contributed by atoms with Gasteiger partial charge in [-0.1, -0.05) is 60.8 Å². The molecule has 1 amide bonds. The monoisotopic (exact) mass is 501 g/mol. The van der Waals surface area contributed by atoms with Crippen LogP contribution in [-0.4, -0.2) is 39.0 Å². The molecule has 0 radical (unpaired) electrons. The number of carbonyl (C=O) groups excluding carboxylic acids is 1. The molecule has 1 N–H and O–H groups in total. The zero-order valence-electron chi connectivity index (χ0n) is 19.6. The number of benzene rings is 1. The van der Waals surface area contributed by atoms with Crippen molar-refractivity contribution in [1.82, 2.24) is 15.3 Å². The van der Waals surface area contributed by atoms with Crippen LogP contribution in [0.4, 0.5) is 0 Å². The summed E-state index contributed by atoms with van der Waals surface area (Å²) in [6, 6.07) is 10.3. The number of fused-ring (bicyclic) bond motifs is 3. The van der Waals surface area contributed by atoms with Crippen LogP contribution in [-0.2, 0) is 29.0 Å². The van der Waals surface area contributed by atoms with Gasteiger partial charge in [-0.15, -0.1) is 11.3 Å². The molecule has 5 nitrogen and oxygen atoms in total. The summed E-state index contributed by atoms with van der Waals surface area (Å²) in [5.41, 5.74) is 2.31. The van der Waals surface area contributed by atoms with E-state index in [2.05, 4.69) is 45.1 Å². The highest BCUT2D eigenvalue weighted by molar-refractivity contribution is 8.00. The normalized spacial score (nSPS) is 15.9. The van der Waals surface area contributed by atoms with Crippen LogP contribution >= 0.6 is 34.9 Å². The van der Waals surface area contributed by atoms with Crippen LogP contribution in [0.5, 0.6) is 0 Å². The van der Waals surface area contributed by atoms with Crippen molar-refractivity contribution < 1.29 is 9.53 Å². The lowest BCUT2D eigenvalue weighted by atomic mass is 9.95. The van der Waals surface area contributed by atoms with Gasteiger partial charge in [-0.25, -0.2) is 9.97 Å². The number of thioether (sulfide) groups is 2. The predicted octanol–water partition coefficient (Wildman–Crippen LogP) is 5.88. The van der Waals surface area contributed by atoms with Gasteiger partial charge >= 0.3 is 0 Å². The quantitative estimate of drug-likeness (QED) is 0.224. The number of amides is 1. The van der Waals surface area contributed by atoms with E-state index in [0.29, 0.717) is 12.4 Å². The minimum Gasteiger partial charge on any atom is -0.370 e. The van der Waals surface area contributed by atoms with Gasteiger partial charge in [0.1, 0.15) is 9.86 Å². The molecule has 8 heteroatoms. The van der Waals surface area contributed by atoms with Crippen LogP contribution in [0.25, 0.3) is 10.2 Å². The lowest BCUT2D eigenvalue weighted by molar-refractivity contribution is -0.119. The highest BCUT2D eigenvalue weighted by Crippen LogP contribution is 2.42. The van der Waals surface area contributed by atoms with Gasteiger partial charge in [0.2, 0.25) is 5.91 Å². The van der Waals surface area contributed by atoms with Crippen molar-refractivity contribution in [3.8, 4) is 0 Å². The van der Waals surface area contributed by atoms with Crippen molar-refractivity contribution in [3.63, 3.8) is 0 Å². The Balaban J connectivity index is 1.51. The molecule has 0 spiro atoms. The van der Waals surface area contributed by atoms with Crippen LogP contribution in [0.2, 0.25) is 0 Å². The van der Waals surface area contributed by atoms with Gasteiger partial charge in [-0.3, -0.25) is 4.79 Å². The molecule has 1 aliphatic rings. The van der Waals surface area contributed by atoms with Gasteiger partial charge in [-0.2, -0.15) is 0 Å². The van der Waals surface area contributed by atoms with Crippen molar-refractivity contribution >= 4 is 51.0 Å². The number of hydrogen-bond acceptors (Lipinski definition) is 7. The second kappa shape index (κ2) is 10.8. The molecule has 0 saturated carbocycles. The van der Waals surface area contributed by atoms with Crippen LogP contribution < -0.4 is 5.32 Å². The van der Waals surface area contributed by atoms with Crippen molar-refractivity contribution in [2.24, 2.45) is 0 Å². The molecule has 2 aromatic heterocycles. The molecule has 1 atom stereocenters. The Labute approximate surface area is 208 Å². The van der Waals surface area contributed by atoms with E-state index in [1.54, 1.807) is 23.1 Å². The van der Waals surface area contributed by atoms with Crippen LogP contribution in [0.15, 0.2) is 40.5 Å². The molecule has 0 saturated heterocycles. The van der Waals surface area contributed by atoms with Gasteiger partial charge in [0.15, 0.2) is 5.16 Å². The fraction of sp³-hybridized carbons (Fsp3) is 0.480.